The molecule has 1 aromatic heterocycles. The third-order valence-corrected chi connectivity index (χ3v) is 4.35. The Morgan fingerprint density at radius 1 is 1.35 bits per heavy atom. The lowest BCUT2D eigenvalue weighted by Crippen LogP contribution is -2.35. The zero-order chi connectivity index (χ0) is 18.5. The topological polar surface area (TPSA) is 98.3 Å². The summed E-state index contributed by atoms with van der Waals surface area (Å²) < 4.78 is 0. The number of aliphatic hydroxyl groups excluding tert-OH is 1. The van der Waals surface area contributed by atoms with Gasteiger partial charge in [0.25, 0.3) is 5.91 Å². The van der Waals surface area contributed by atoms with Crippen molar-refractivity contribution in [3.63, 3.8) is 0 Å². The summed E-state index contributed by atoms with van der Waals surface area (Å²) in [6.07, 6.45) is 4.20. The van der Waals surface area contributed by atoms with E-state index < -0.39 is 5.91 Å². The molecule has 0 atom stereocenters. The first kappa shape index (κ1) is 18.2. The third kappa shape index (κ3) is 4.12. The highest BCUT2D eigenvalue weighted by molar-refractivity contribution is 6.30. The maximum Gasteiger partial charge on any atom is 0.276 e. The van der Waals surface area contributed by atoms with Gasteiger partial charge in [-0.2, -0.15) is 5.10 Å². The van der Waals surface area contributed by atoms with Crippen LogP contribution in [0.15, 0.2) is 35.3 Å². The zero-order valence-electron chi connectivity index (χ0n) is 14.0. The molecule has 0 saturated heterocycles. The smallest absolute Gasteiger partial charge is 0.276 e. The van der Waals surface area contributed by atoms with Crippen molar-refractivity contribution in [3.8, 4) is 0 Å². The van der Waals surface area contributed by atoms with Crippen LogP contribution in [-0.2, 0) is 13.1 Å². The Kier molecular flexibility index (Phi) is 5.70. The Hall–Kier alpha value is -2.64. The number of carbonyl (C=O) groups is 1. The second-order valence-corrected chi connectivity index (χ2v) is 6.40. The van der Waals surface area contributed by atoms with Gasteiger partial charge in [0.05, 0.1) is 5.69 Å². The van der Waals surface area contributed by atoms with Gasteiger partial charge in [-0.3, -0.25) is 14.7 Å². The van der Waals surface area contributed by atoms with Crippen molar-refractivity contribution >= 4 is 23.6 Å². The number of aromatic amines is 1. The lowest BCUT2D eigenvalue weighted by Gasteiger charge is -2.24. The highest BCUT2D eigenvalue weighted by atomic mass is 35.5. The average Bonchev–Trinajstić information content (AvgIpc) is 2.66. The van der Waals surface area contributed by atoms with Gasteiger partial charge in [0.15, 0.2) is 5.69 Å². The summed E-state index contributed by atoms with van der Waals surface area (Å²) in [6, 6.07) is 7.08. The number of amides is 1. The number of benzene rings is 1. The monoisotopic (exact) mass is 374 g/mol. The van der Waals surface area contributed by atoms with E-state index >= 15 is 0 Å². The highest BCUT2D eigenvalue weighted by Gasteiger charge is 2.21. The zero-order valence-corrected chi connectivity index (χ0v) is 14.8. The largest absolute Gasteiger partial charge is 0.396 e. The molecule has 0 bridgehead atoms. The van der Waals surface area contributed by atoms with Crippen LogP contribution in [0, 0.1) is 0 Å². The molecule has 1 aromatic carbocycles. The van der Waals surface area contributed by atoms with Crippen LogP contribution in [0.25, 0.3) is 6.08 Å². The highest BCUT2D eigenvalue weighted by Crippen LogP contribution is 2.14. The summed E-state index contributed by atoms with van der Waals surface area (Å²) in [5.41, 5.74) is 1.43. The number of hydrogen-bond donors (Lipinski definition) is 3. The minimum absolute atomic E-state index is 0.0856. The molecule has 1 aliphatic heterocycles. The van der Waals surface area contributed by atoms with Gasteiger partial charge in [-0.15, -0.1) is 0 Å². The fourth-order valence-electron chi connectivity index (χ4n) is 2.68. The van der Waals surface area contributed by atoms with E-state index in [0.29, 0.717) is 35.8 Å². The standard InChI is InChI=1S/C18H19ClN4O3/c19-13-4-2-12(3-5-13)10-20-18(26)16-17(25)14-11-23(7-1-9-24)8-6-15(14)21-22-16/h2-6,8,24H,1,7,9-11H2,(H,20,26)(H,21,25). The number of carbonyl (C=O) groups excluding carboxylic acids is 1. The molecule has 0 aliphatic carbocycles. The van der Waals surface area contributed by atoms with E-state index in [2.05, 4.69) is 15.5 Å². The van der Waals surface area contributed by atoms with Gasteiger partial charge in [0.2, 0.25) is 5.43 Å². The van der Waals surface area contributed by atoms with E-state index in [9.17, 15) is 9.59 Å². The molecule has 136 valence electrons. The molecule has 1 amide bonds. The van der Waals surface area contributed by atoms with Crippen LogP contribution in [0.2, 0.25) is 5.02 Å². The number of nitrogens with one attached hydrogen (secondary N) is 2. The molecular formula is C18H19ClN4O3. The molecular weight excluding hydrogens is 356 g/mol. The van der Waals surface area contributed by atoms with Crippen molar-refractivity contribution < 1.29 is 9.90 Å². The summed E-state index contributed by atoms with van der Waals surface area (Å²) in [5.74, 6) is -0.527. The summed E-state index contributed by atoms with van der Waals surface area (Å²) >= 11 is 5.84. The number of aliphatic hydroxyl groups is 1. The number of H-pyrrole nitrogens is 1. The van der Waals surface area contributed by atoms with Crippen molar-refractivity contribution in [1.82, 2.24) is 20.4 Å². The quantitative estimate of drug-likeness (QED) is 0.712. The van der Waals surface area contributed by atoms with Gasteiger partial charge < -0.3 is 15.3 Å². The maximum absolute atomic E-state index is 12.7. The normalized spacial score (nSPS) is 12.8. The third-order valence-electron chi connectivity index (χ3n) is 4.10. The van der Waals surface area contributed by atoms with Crippen molar-refractivity contribution in [2.75, 3.05) is 13.2 Å². The van der Waals surface area contributed by atoms with E-state index in [-0.39, 0.29) is 24.3 Å². The number of hydrogen-bond acceptors (Lipinski definition) is 5. The van der Waals surface area contributed by atoms with E-state index in [1.54, 1.807) is 30.3 Å². The number of halogens is 1. The van der Waals surface area contributed by atoms with Crippen LogP contribution in [-0.4, -0.2) is 39.3 Å². The predicted octanol–water partition coefficient (Wildman–Crippen LogP) is 1.52. The Balaban J connectivity index is 1.73. The van der Waals surface area contributed by atoms with Crippen LogP contribution in [0.4, 0.5) is 0 Å². The van der Waals surface area contributed by atoms with Gasteiger partial charge >= 0.3 is 0 Å². The molecule has 3 rings (SSSR count). The first-order chi connectivity index (χ1) is 12.6. The fourth-order valence-corrected chi connectivity index (χ4v) is 2.81. The molecule has 3 N–H and O–H groups in total. The van der Waals surface area contributed by atoms with Gasteiger partial charge in [-0.25, -0.2) is 0 Å². The first-order valence-corrected chi connectivity index (χ1v) is 8.63. The Morgan fingerprint density at radius 2 is 2.12 bits per heavy atom. The summed E-state index contributed by atoms with van der Waals surface area (Å²) in [5, 5.41) is 19.0. The van der Waals surface area contributed by atoms with E-state index in [4.69, 9.17) is 16.7 Å². The number of rotatable bonds is 6. The maximum atomic E-state index is 12.7. The van der Waals surface area contributed by atoms with Crippen LogP contribution in [0.1, 0.15) is 33.7 Å². The molecule has 0 saturated carbocycles. The van der Waals surface area contributed by atoms with Crippen molar-refractivity contribution in [1.29, 1.82) is 0 Å². The SMILES string of the molecule is O=C(NCc1ccc(Cl)cc1)c1n[nH]c2c(c1=O)CN(CCCO)C=C2. The molecule has 0 fully saturated rings. The van der Waals surface area contributed by atoms with Gasteiger partial charge in [0, 0.05) is 43.0 Å². The Bertz CT molecular complexity index is 877. The van der Waals surface area contributed by atoms with Crippen molar-refractivity contribution in [2.24, 2.45) is 0 Å². The van der Waals surface area contributed by atoms with E-state index in [1.165, 1.54) is 0 Å². The molecule has 7 nitrogen and oxygen atoms in total. The summed E-state index contributed by atoms with van der Waals surface area (Å²) in [7, 11) is 0. The second kappa shape index (κ2) is 8.16. The number of nitrogens with zero attached hydrogens (tertiary/aromatic N) is 2. The molecule has 0 radical (unpaired) electrons. The van der Waals surface area contributed by atoms with Crippen LogP contribution >= 0.6 is 11.6 Å². The second-order valence-electron chi connectivity index (χ2n) is 5.97. The van der Waals surface area contributed by atoms with Crippen LogP contribution in [0.5, 0.6) is 0 Å². The molecule has 0 spiro atoms. The van der Waals surface area contributed by atoms with E-state index in [1.807, 2.05) is 11.1 Å². The molecule has 0 unspecified atom stereocenters. The predicted molar refractivity (Wildman–Crippen MR) is 98.6 cm³/mol. The first-order valence-electron chi connectivity index (χ1n) is 8.26. The minimum Gasteiger partial charge on any atom is -0.396 e. The van der Waals surface area contributed by atoms with E-state index in [0.717, 1.165) is 5.56 Å². The number of fused-ring (bicyclic) bond motifs is 1. The van der Waals surface area contributed by atoms with Crippen molar-refractivity contribution in [3.05, 3.63) is 68.2 Å². The van der Waals surface area contributed by atoms with Gasteiger partial charge in [-0.05, 0) is 30.2 Å². The lowest BCUT2D eigenvalue weighted by molar-refractivity contribution is 0.0943. The lowest BCUT2D eigenvalue weighted by atomic mass is 10.1. The van der Waals surface area contributed by atoms with Crippen LogP contribution < -0.4 is 10.7 Å². The summed E-state index contributed by atoms with van der Waals surface area (Å²) in [6.45, 7) is 1.37. The Labute approximate surface area is 155 Å². The number of aromatic nitrogens is 2. The molecule has 2 heterocycles. The molecule has 2 aromatic rings. The molecule has 8 heteroatoms. The molecule has 1 aliphatic rings. The minimum atomic E-state index is -0.527. The van der Waals surface area contributed by atoms with Gasteiger partial charge in [-0.1, -0.05) is 23.7 Å². The van der Waals surface area contributed by atoms with Crippen LogP contribution in [0.3, 0.4) is 0 Å². The fraction of sp³-hybridized carbons (Fsp3) is 0.278. The molecule has 26 heavy (non-hydrogen) atoms. The van der Waals surface area contributed by atoms with Gasteiger partial charge in [0.1, 0.15) is 0 Å². The Morgan fingerprint density at radius 3 is 2.85 bits per heavy atom. The average molecular weight is 375 g/mol. The summed E-state index contributed by atoms with van der Waals surface area (Å²) in [4.78, 5) is 26.9. The van der Waals surface area contributed by atoms with Crippen molar-refractivity contribution in [2.45, 2.75) is 19.5 Å².